The number of hydrogen-bond acceptors (Lipinski definition) is 6. The number of aromatic nitrogens is 2. The summed E-state index contributed by atoms with van der Waals surface area (Å²) in [6.07, 6.45) is -4.56. The molecule has 0 aliphatic rings. The molecule has 1 heterocycles. The first-order chi connectivity index (χ1) is 8.52. The lowest BCUT2D eigenvalue weighted by molar-refractivity contribution is 0.00380. The fourth-order valence-corrected chi connectivity index (χ4v) is 1.16. The molecular formula is C10H16F2N4O2. The topological polar surface area (TPSA) is 93.3 Å². The Morgan fingerprint density at radius 3 is 2.83 bits per heavy atom. The van der Waals surface area contributed by atoms with Crippen LogP contribution in [0.25, 0.3) is 0 Å². The Hall–Kier alpha value is -1.54. The molecule has 0 fully saturated rings. The van der Waals surface area contributed by atoms with Crippen molar-refractivity contribution >= 4 is 11.6 Å². The zero-order chi connectivity index (χ0) is 13.5. The predicted molar refractivity (Wildman–Crippen MR) is 62.3 cm³/mol. The van der Waals surface area contributed by atoms with Gasteiger partial charge < -0.3 is 20.9 Å². The monoisotopic (exact) mass is 262 g/mol. The Morgan fingerprint density at radius 2 is 2.22 bits per heavy atom. The van der Waals surface area contributed by atoms with Gasteiger partial charge in [0.1, 0.15) is 24.3 Å². The Morgan fingerprint density at radius 1 is 1.50 bits per heavy atom. The molecule has 8 heteroatoms. The Balaban J connectivity index is 2.62. The van der Waals surface area contributed by atoms with E-state index in [1.54, 1.807) is 0 Å². The van der Waals surface area contributed by atoms with Crippen molar-refractivity contribution in [1.82, 2.24) is 9.97 Å². The van der Waals surface area contributed by atoms with E-state index < -0.39 is 12.5 Å². The molecule has 0 bridgehead atoms. The standard InChI is InChI=1S/C10H16F2N4O2/c1-2-18-5-9-15-7(13)3-8(16-9)14-4-6(17)10(11)12/h3,6,10,17H,2,4-5H2,1H3,(H3,13,14,15,16). The number of rotatable bonds is 7. The summed E-state index contributed by atoms with van der Waals surface area (Å²) in [5.41, 5.74) is 5.54. The predicted octanol–water partition coefficient (Wildman–Crippen LogP) is 0.633. The Kier molecular flexibility index (Phi) is 5.66. The number of ether oxygens (including phenoxy) is 1. The largest absolute Gasteiger partial charge is 0.385 e. The quantitative estimate of drug-likeness (QED) is 0.667. The van der Waals surface area contributed by atoms with Crippen LogP contribution in [0.3, 0.4) is 0 Å². The van der Waals surface area contributed by atoms with Gasteiger partial charge in [-0.2, -0.15) is 0 Å². The number of aliphatic hydroxyl groups excluding tert-OH is 1. The van der Waals surface area contributed by atoms with Crippen molar-refractivity contribution in [2.75, 3.05) is 24.2 Å². The van der Waals surface area contributed by atoms with Crippen LogP contribution in [0.5, 0.6) is 0 Å². The summed E-state index contributed by atoms with van der Waals surface area (Å²) >= 11 is 0. The van der Waals surface area contributed by atoms with Gasteiger partial charge >= 0.3 is 0 Å². The average Bonchev–Trinajstić information content (AvgIpc) is 2.32. The maximum atomic E-state index is 12.1. The van der Waals surface area contributed by atoms with Crippen LogP contribution in [0, 0.1) is 0 Å². The molecule has 0 radical (unpaired) electrons. The molecule has 1 unspecified atom stereocenters. The third kappa shape index (κ3) is 4.76. The number of nitrogens with one attached hydrogen (secondary N) is 1. The molecule has 18 heavy (non-hydrogen) atoms. The summed E-state index contributed by atoms with van der Waals surface area (Å²) in [5, 5.41) is 11.5. The lowest BCUT2D eigenvalue weighted by atomic mass is 10.3. The minimum atomic E-state index is -2.81. The van der Waals surface area contributed by atoms with E-state index in [9.17, 15) is 8.78 Å². The van der Waals surface area contributed by atoms with Gasteiger partial charge in [-0.1, -0.05) is 0 Å². The molecule has 0 amide bonds. The number of nitrogen functional groups attached to an aromatic ring is 1. The average molecular weight is 262 g/mol. The van der Waals surface area contributed by atoms with Crippen molar-refractivity contribution in [3.05, 3.63) is 11.9 Å². The molecule has 0 aliphatic carbocycles. The number of halogens is 2. The van der Waals surface area contributed by atoms with Crippen LogP contribution in [0.15, 0.2) is 6.07 Å². The number of hydrogen-bond donors (Lipinski definition) is 3. The molecule has 1 rings (SSSR count). The highest BCUT2D eigenvalue weighted by molar-refractivity contribution is 5.44. The summed E-state index contributed by atoms with van der Waals surface area (Å²) in [5.74, 6) is 0.830. The van der Waals surface area contributed by atoms with Crippen LogP contribution in [-0.4, -0.2) is 40.8 Å². The first kappa shape index (κ1) is 14.5. The summed E-state index contributed by atoms with van der Waals surface area (Å²) in [6.45, 7) is 2.20. The molecule has 0 aliphatic heterocycles. The number of anilines is 2. The fraction of sp³-hybridized carbons (Fsp3) is 0.600. The van der Waals surface area contributed by atoms with Gasteiger partial charge in [0, 0.05) is 19.2 Å². The van der Waals surface area contributed by atoms with Gasteiger partial charge in [0.2, 0.25) is 0 Å². The van der Waals surface area contributed by atoms with E-state index >= 15 is 0 Å². The maximum absolute atomic E-state index is 12.1. The smallest absolute Gasteiger partial charge is 0.265 e. The summed E-state index contributed by atoms with van der Waals surface area (Å²) in [4.78, 5) is 7.94. The van der Waals surface area contributed by atoms with Crippen LogP contribution >= 0.6 is 0 Å². The molecule has 0 saturated heterocycles. The molecule has 6 nitrogen and oxygen atoms in total. The lowest BCUT2D eigenvalue weighted by Crippen LogP contribution is -2.27. The fourth-order valence-electron chi connectivity index (χ4n) is 1.16. The molecule has 102 valence electrons. The molecule has 1 aromatic rings. The number of nitrogens with two attached hydrogens (primary N) is 1. The van der Waals surface area contributed by atoms with Crippen molar-refractivity contribution in [1.29, 1.82) is 0 Å². The lowest BCUT2D eigenvalue weighted by Gasteiger charge is -2.12. The minimum Gasteiger partial charge on any atom is -0.385 e. The van der Waals surface area contributed by atoms with E-state index in [-0.39, 0.29) is 24.8 Å². The van der Waals surface area contributed by atoms with Crippen LogP contribution in [-0.2, 0) is 11.3 Å². The van der Waals surface area contributed by atoms with Crippen LogP contribution in [0.2, 0.25) is 0 Å². The molecule has 4 N–H and O–H groups in total. The molecular weight excluding hydrogens is 246 g/mol. The molecule has 0 spiro atoms. The highest BCUT2D eigenvalue weighted by Gasteiger charge is 2.16. The van der Waals surface area contributed by atoms with Crippen molar-refractivity contribution in [3.8, 4) is 0 Å². The normalized spacial score (nSPS) is 12.7. The van der Waals surface area contributed by atoms with Gasteiger partial charge in [-0.25, -0.2) is 18.7 Å². The van der Waals surface area contributed by atoms with Gasteiger partial charge in [0.05, 0.1) is 0 Å². The highest BCUT2D eigenvalue weighted by Crippen LogP contribution is 2.10. The third-order valence-corrected chi connectivity index (χ3v) is 2.01. The summed E-state index contributed by atoms with van der Waals surface area (Å²) in [6, 6.07) is 1.40. The summed E-state index contributed by atoms with van der Waals surface area (Å²) in [7, 11) is 0. The van der Waals surface area contributed by atoms with E-state index in [0.29, 0.717) is 12.4 Å². The van der Waals surface area contributed by atoms with Gasteiger partial charge in [-0.3, -0.25) is 0 Å². The van der Waals surface area contributed by atoms with E-state index in [1.807, 2.05) is 6.92 Å². The van der Waals surface area contributed by atoms with Crippen molar-refractivity contribution in [2.24, 2.45) is 0 Å². The highest BCUT2D eigenvalue weighted by atomic mass is 19.3. The molecule has 0 saturated carbocycles. The first-order valence-electron chi connectivity index (χ1n) is 5.44. The number of nitrogens with zero attached hydrogens (tertiary/aromatic N) is 2. The van der Waals surface area contributed by atoms with Gasteiger partial charge in [-0.05, 0) is 6.92 Å². The van der Waals surface area contributed by atoms with Crippen molar-refractivity contribution < 1.29 is 18.6 Å². The Bertz CT molecular complexity index is 379. The Labute approximate surface area is 103 Å². The van der Waals surface area contributed by atoms with Crippen LogP contribution in [0.1, 0.15) is 12.7 Å². The van der Waals surface area contributed by atoms with E-state index in [0.717, 1.165) is 0 Å². The van der Waals surface area contributed by atoms with Crippen molar-refractivity contribution in [2.45, 2.75) is 26.1 Å². The van der Waals surface area contributed by atoms with Crippen molar-refractivity contribution in [3.63, 3.8) is 0 Å². The molecule has 0 aromatic carbocycles. The SMILES string of the molecule is CCOCc1nc(N)cc(NCC(O)C(F)F)n1. The second-order valence-corrected chi connectivity index (χ2v) is 3.51. The van der Waals surface area contributed by atoms with E-state index in [2.05, 4.69) is 15.3 Å². The zero-order valence-corrected chi connectivity index (χ0v) is 9.94. The second kappa shape index (κ2) is 7.02. The molecule has 1 aromatic heterocycles. The summed E-state index contributed by atoms with van der Waals surface area (Å²) < 4.78 is 29.3. The number of alkyl halides is 2. The maximum Gasteiger partial charge on any atom is 0.265 e. The minimum absolute atomic E-state index is 0.188. The van der Waals surface area contributed by atoms with Gasteiger partial charge in [0.25, 0.3) is 6.43 Å². The second-order valence-electron chi connectivity index (χ2n) is 3.51. The van der Waals surface area contributed by atoms with Crippen LogP contribution in [0.4, 0.5) is 20.4 Å². The first-order valence-corrected chi connectivity index (χ1v) is 5.44. The molecule has 1 atom stereocenters. The van der Waals surface area contributed by atoms with Gasteiger partial charge in [-0.15, -0.1) is 0 Å². The third-order valence-electron chi connectivity index (χ3n) is 2.01. The van der Waals surface area contributed by atoms with Crippen LogP contribution < -0.4 is 11.1 Å². The number of aliphatic hydroxyl groups is 1. The zero-order valence-electron chi connectivity index (χ0n) is 9.94. The van der Waals surface area contributed by atoms with E-state index in [1.165, 1.54) is 6.07 Å². The van der Waals surface area contributed by atoms with E-state index in [4.69, 9.17) is 15.6 Å². The van der Waals surface area contributed by atoms with Gasteiger partial charge in [0.15, 0.2) is 5.82 Å².